The van der Waals surface area contributed by atoms with E-state index in [1.54, 1.807) is 6.08 Å². The molecule has 0 aromatic heterocycles. The Bertz CT molecular complexity index is 896. The molecule has 0 aliphatic rings. The number of allylic oxidation sites excluding steroid dienone is 7. The van der Waals surface area contributed by atoms with Gasteiger partial charge in [0.25, 0.3) is 0 Å². The summed E-state index contributed by atoms with van der Waals surface area (Å²) in [4.78, 5) is 12.5. The second kappa shape index (κ2) is 45.0. The molecule has 0 rings (SSSR count). The number of aliphatic hydroxyl groups excluding tert-OH is 3. The minimum Gasteiger partial charge on any atom is -0.394 e. The first kappa shape index (κ1) is 53.3. The van der Waals surface area contributed by atoms with E-state index in [2.05, 4.69) is 55.6 Å². The Kier molecular flexibility index (Phi) is 43.6. The summed E-state index contributed by atoms with van der Waals surface area (Å²) in [6, 6.07) is -0.823. The zero-order valence-electron chi connectivity index (χ0n) is 36.6. The average molecular weight is 772 g/mol. The summed E-state index contributed by atoms with van der Waals surface area (Å²) < 4.78 is 0. The molecule has 0 fully saturated rings. The summed E-state index contributed by atoms with van der Waals surface area (Å²) in [5, 5.41) is 33.2. The van der Waals surface area contributed by atoms with Crippen molar-refractivity contribution >= 4 is 5.91 Å². The largest absolute Gasteiger partial charge is 0.394 e. The molecule has 5 nitrogen and oxygen atoms in total. The highest BCUT2D eigenvalue weighted by atomic mass is 16.3. The fourth-order valence-corrected chi connectivity index (χ4v) is 7.09. The third-order valence-electron chi connectivity index (χ3n) is 10.9. The number of carbonyl (C=O) groups is 1. The van der Waals surface area contributed by atoms with E-state index in [-0.39, 0.29) is 6.61 Å². The molecule has 0 aliphatic heterocycles. The standard InChI is InChI=1S/C50H93NO4/c1-3-5-7-9-11-13-15-17-19-21-23-24-25-26-27-29-31-33-35-37-39-41-43-45-49(54)50(55)51-47(46-52)48(53)44-42-40-38-36-34-32-30-28-22-20-18-16-14-12-10-8-6-4-2/h22,26-28,34,36,42,44,47-49,52-54H,3-21,23-25,29-33,35,37-41,43,45-46H2,1-2H3,(H,51,55)/b27-26-,28-22+,36-34+,44-42+. The highest BCUT2D eigenvalue weighted by Crippen LogP contribution is 2.15. The molecule has 0 aliphatic carbocycles. The Balaban J connectivity index is 3.70. The van der Waals surface area contributed by atoms with Crippen molar-refractivity contribution in [1.29, 1.82) is 0 Å². The van der Waals surface area contributed by atoms with Crippen LogP contribution in [0.4, 0.5) is 0 Å². The van der Waals surface area contributed by atoms with Crippen molar-refractivity contribution in [2.45, 2.75) is 257 Å². The maximum atomic E-state index is 12.5. The summed E-state index contributed by atoms with van der Waals surface area (Å²) in [6.07, 6.45) is 58.7. The minimum atomic E-state index is -1.11. The SMILES string of the molecule is CCCCCCCCCC/C=C/CC/C=C/CC/C=C/C(O)C(CO)NC(=O)C(O)CCCCCCCCC/C=C\CCCCCCCCCCCCCC. The molecule has 0 bridgehead atoms. The van der Waals surface area contributed by atoms with Crippen molar-refractivity contribution in [2.75, 3.05) is 6.61 Å². The first-order chi connectivity index (χ1) is 27.1. The fraction of sp³-hybridized carbons (Fsp3) is 0.820. The van der Waals surface area contributed by atoms with Gasteiger partial charge in [-0.2, -0.15) is 0 Å². The van der Waals surface area contributed by atoms with Gasteiger partial charge in [0.1, 0.15) is 6.10 Å². The van der Waals surface area contributed by atoms with Gasteiger partial charge in [-0.1, -0.05) is 217 Å². The molecule has 3 unspecified atom stereocenters. The summed E-state index contributed by atoms with van der Waals surface area (Å²) in [5.41, 5.74) is 0. The normalized spacial score (nSPS) is 13.9. The van der Waals surface area contributed by atoms with E-state index in [1.807, 2.05) is 6.08 Å². The van der Waals surface area contributed by atoms with Crippen LogP contribution in [-0.4, -0.2) is 46.1 Å². The Morgan fingerprint density at radius 3 is 1.11 bits per heavy atom. The highest BCUT2D eigenvalue weighted by Gasteiger charge is 2.22. The third-order valence-corrected chi connectivity index (χ3v) is 10.9. The van der Waals surface area contributed by atoms with E-state index in [0.29, 0.717) is 6.42 Å². The van der Waals surface area contributed by atoms with Crippen molar-refractivity contribution in [1.82, 2.24) is 5.32 Å². The van der Waals surface area contributed by atoms with Crippen LogP contribution in [0.2, 0.25) is 0 Å². The first-order valence-electron chi connectivity index (χ1n) is 24.0. The smallest absolute Gasteiger partial charge is 0.249 e. The molecule has 0 saturated heterocycles. The van der Waals surface area contributed by atoms with Gasteiger partial charge in [-0.05, 0) is 70.6 Å². The van der Waals surface area contributed by atoms with Gasteiger partial charge in [0.15, 0.2) is 0 Å². The van der Waals surface area contributed by atoms with Crippen molar-refractivity contribution in [2.24, 2.45) is 0 Å². The lowest BCUT2D eigenvalue weighted by Crippen LogP contribution is -2.48. The predicted molar refractivity (Wildman–Crippen MR) is 241 cm³/mol. The number of rotatable bonds is 43. The van der Waals surface area contributed by atoms with Crippen LogP contribution in [-0.2, 0) is 4.79 Å². The van der Waals surface area contributed by atoms with Gasteiger partial charge in [0, 0.05) is 0 Å². The Morgan fingerprint density at radius 1 is 0.436 bits per heavy atom. The molecule has 4 N–H and O–H groups in total. The molecule has 3 atom stereocenters. The van der Waals surface area contributed by atoms with Gasteiger partial charge in [0.2, 0.25) is 5.91 Å². The minimum absolute atomic E-state index is 0.383. The van der Waals surface area contributed by atoms with E-state index in [4.69, 9.17) is 0 Å². The van der Waals surface area contributed by atoms with Crippen molar-refractivity contribution in [3.63, 3.8) is 0 Å². The lowest BCUT2D eigenvalue weighted by Gasteiger charge is -2.21. The Morgan fingerprint density at radius 2 is 0.745 bits per heavy atom. The van der Waals surface area contributed by atoms with E-state index in [9.17, 15) is 20.1 Å². The summed E-state index contributed by atoms with van der Waals surface area (Å²) in [5.74, 6) is -0.520. The van der Waals surface area contributed by atoms with Crippen LogP contribution in [0.3, 0.4) is 0 Å². The molecule has 5 heteroatoms. The van der Waals surface area contributed by atoms with Crippen LogP contribution in [0.5, 0.6) is 0 Å². The highest BCUT2D eigenvalue weighted by molar-refractivity contribution is 5.80. The number of hydrogen-bond acceptors (Lipinski definition) is 4. The molecule has 322 valence electrons. The van der Waals surface area contributed by atoms with E-state index >= 15 is 0 Å². The third kappa shape index (κ3) is 40.3. The maximum Gasteiger partial charge on any atom is 0.249 e. The van der Waals surface area contributed by atoms with Crippen LogP contribution < -0.4 is 5.32 Å². The summed E-state index contributed by atoms with van der Waals surface area (Å²) >= 11 is 0. The molecule has 0 aromatic rings. The lowest BCUT2D eigenvalue weighted by atomic mass is 10.0. The van der Waals surface area contributed by atoms with Gasteiger partial charge in [-0.3, -0.25) is 4.79 Å². The number of unbranched alkanes of at least 4 members (excludes halogenated alkanes) is 29. The molecule has 0 aromatic carbocycles. The molecule has 1 amide bonds. The monoisotopic (exact) mass is 772 g/mol. The number of hydrogen-bond donors (Lipinski definition) is 4. The number of amides is 1. The zero-order valence-corrected chi connectivity index (χ0v) is 36.6. The molecule has 0 radical (unpaired) electrons. The van der Waals surface area contributed by atoms with Crippen molar-refractivity contribution < 1.29 is 20.1 Å². The van der Waals surface area contributed by atoms with Crippen molar-refractivity contribution in [3.8, 4) is 0 Å². The van der Waals surface area contributed by atoms with Crippen LogP contribution in [0.15, 0.2) is 48.6 Å². The number of nitrogens with one attached hydrogen (secondary N) is 1. The van der Waals surface area contributed by atoms with Crippen LogP contribution in [0.1, 0.15) is 239 Å². The molecule has 0 heterocycles. The van der Waals surface area contributed by atoms with Crippen LogP contribution >= 0.6 is 0 Å². The fourth-order valence-electron chi connectivity index (χ4n) is 7.09. The molecule has 55 heavy (non-hydrogen) atoms. The predicted octanol–water partition coefficient (Wildman–Crippen LogP) is 14.1. The quantitative estimate of drug-likeness (QED) is 0.0367. The Labute approximate surface area is 342 Å². The van der Waals surface area contributed by atoms with Gasteiger partial charge >= 0.3 is 0 Å². The second-order valence-corrected chi connectivity index (χ2v) is 16.3. The van der Waals surface area contributed by atoms with Crippen LogP contribution in [0.25, 0.3) is 0 Å². The number of carbonyl (C=O) groups excluding carboxylic acids is 1. The van der Waals surface area contributed by atoms with Gasteiger partial charge in [-0.25, -0.2) is 0 Å². The van der Waals surface area contributed by atoms with E-state index in [1.165, 1.54) is 173 Å². The summed E-state index contributed by atoms with van der Waals surface area (Å²) in [6.45, 7) is 4.17. The van der Waals surface area contributed by atoms with Gasteiger partial charge in [-0.15, -0.1) is 0 Å². The summed E-state index contributed by atoms with van der Waals surface area (Å²) in [7, 11) is 0. The molecular formula is C50H93NO4. The van der Waals surface area contributed by atoms with Crippen LogP contribution in [0, 0.1) is 0 Å². The average Bonchev–Trinajstić information content (AvgIpc) is 3.19. The van der Waals surface area contributed by atoms with E-state index < -0.39 is 24.2 Å². The van der Waals surface area contributed by atoms with E-state index in [0.717, 1.165) is 44.9 Å². The Hall–Kier alpha value is -1.69. The maximum absolute atomic E-state index is 12.5. The lowest BCUT2D eigenvalue weighted by molar-refractivity contribution is -0.131. The molecule has 0 spiro atoms. The molecule has 0 saturated carbocycles. The molecular weight excluding hydrogens is 679 g/mol. The number of aliphatic hydroxyl groups is 3. The van der Waals surface area contributed by atoms with Gasteiger partial charge < -0.3 is 20.6 Å². The zero-order chi connectivity index (χ0) is 40.1. The van der Waals surface area contributed by atoms with Gasteiger partial charge in [0.05, 0.1) is 18.8 Å². The first-order valence-corrected chi connectivity index (χ1v) is 24.0. The topological polar surface area (TPSA) is 89.8 Å². The second-order valence-electron chi connectivity index (χ2n) is 16.3. The van der Waals surface area contributed by atoms with Crippen molar-refractivity contribution in [3.05, 3.63) is 48.6 Å².